The minimum absolute atomic E-state index is 0.126. The van der Waals surface area contributed by atoms with E-state index in [1.54, 1.807) is 0 Å². The molecule has 1 aliphatic rings. The molecule has 0 aromatic heterocycles. The predicted octanol–water partition coefficient (Wildman–Crippen LogP) is 4.18. The number of nitrogens with one attached hydrogen (secondary N) is 1. The van der Waals surface area contributed by atoms with Gasteiger partial charge in [0.05, 0.1) is 0 Å². The Morgan fingerprint density at radius 1 is 1.04 bits per heavy atom. The fourth-order valence-corrected chi connectivity index (χ4v) is 3.37. The van der Waals surface area contributed by atoms with Gasteiger partial charge in [0.15, 0.2) is 0 Å². The van der Waals surface area contributed by atoms with Gasteiger partial charge >= 0.3 is 0 Å². The Hall–Kier alpha value is -1.84. The number of hydrogen-bond donors (Lipinski definition) is 1. The van der Waals surface area contributed by atoms with Crippen LogP contribution in [-0.2, 0) is 17.9 Å². The molecule has 0 spiro atoms. The molecule has 3 rings (SSSR count). The largest absolute Gasteiger partial charge is 0.352 e. The molecule has 3 nitrogen and oxygen atoms in total. The summed E-state index contributed by atoms with van der Waals surface area (Å²) in [5.74, 6) is 0.298. The molecule has 1 N–H and O–H groups in total. The summed E-state index contributed by atoms with van der Waals surface area (Å²) in [5.41, 5.74) is 3.71. The first-order chi connectivity index (χ1) is 12.1. The highest BCUT2D eigenvalue weighted by Gasteiger charge is 2.24. The lowest BCUT2D eigenvalue weighted by molar-refractivity contribution is -0.126. The highest BCUT2D eigenvalue weighted by atomic mass is 35.5. The van der Waals surface area contributed by atoms with Crippen molar-refractivity contribution in [1.82, 2.24) is 10.2 Å². The van der Waals surface area contributed by atoms with Crippen LogP contribution in [0.3, 0.4) is 0 Å². The first-order valence-electron chi connectivity index (χ1n) is 8.90. The van der Waals surface area contributed by atoms with Crippen molar-refractivity contribution in [2.24, 2.45) is 5.92 Å². The maximum absolute atomic E-state index is 12.4. The third kappa shape index (κ3) is 5.32. The number of piperidine rings is 1. The van der Waals surface area contributed by atoms with Gasteiger partial charge in [0.2, 0.25) is 5.91 Å². The van der Waals surface area contributed by atoms with Crippen LogP contribution < -0.4 is 5.32 Å². The molecule has 25 heavy (non-hydrogen) atoms. The second-order valence-electron chi connectivity index (χ2n) is 6.88. The highest BCUT2D eigenvalue weighted by molar-refractivity contribution is 6.30. The van der Waals surface area contributed by atoms with Gasteiger partial charge in [0.1, 0.15) is 0 Å². The minimum atomic E-state index is 0.126. The first kappa shape index (κ1) is 18.0. The van der Waals surface area contributed by atoms with E-state index < -0.39 is 0 Å². The molecule has 1 heterocycles. The van der Waals surface area contributed by atoms with Crippen molar-refractivity contribution >= 4 is 17.5 Å². The number of amides is 1. The number of carbonyl (C=O) groups excluding carboxylic acids is 1. The van der Waals surface area contributed by atoms with Crippen molar-refractivity contribution in [2.45, 2.75) is 32.9 Å². The van der Waals surface area contributed by atoms with Crippen LogP contribution in [0.2, 0.25) is 5.02 Å². The highest BCUT2D eigenvalue weighted by Crippen LogP contribution is 2.20. The summed E-state index contributed by atoms with van der Waals surface area (Å²) in [6.07, 6.45) is 1.86. The van der Waals surface area contributed by atoms with Crippen molar-refractivity contribution < 1.29 is 4.79 Å². The number of rotatable bonds is 5. The number of likely N-dealkylation sites (tertiary alicyclic amines) is 1. The summed E-state index contributed by atoms with van der Waals surface area (Å²) < 4.78 is 0. The quantitative estimate of drug-likeness (QED) is 0.871. The van der Waals surface area contributed by atoms with Gasteiger partial charge in [-0.25, -0.2) is 0 Å². The molecule has 0 saturated carbocycles. The summed E-state index contributed by atoms with van der Waals surface area (Å²) >= 11 is 5.88. The van der Waals surface area contributed by atoms with Gasteiger partial charge in [-0.2, -0.15) is 0 Å². The molecule has 0 atom stereocenters. The van der Waals surface area contributed by atoms with Crippen LogP contribution in [0.25, 0.3) is 0 Å². The zero-order valence-electron chi connectivity index (χ0n) is 14.7. The van der Waals surface area contributed by atoms with Crippen molar-refractivity contribution in [2.75, 3.05) is 13.1 Å². The molecular weight excluding hydrogens is 332 g/mol. The Bertz CT molecular complexity index is 689. The average Bonchev–Trinajstić information content (AvgIpc) is 2.63. The molecule has 1 saturated heterocycles. The van der Waals surface area contributed by atoms with E-state index >= 15 is 0 Å². The van der Waals surface area contributed by atoms with Crippen LogP contribution in [0.5, 0.6) is 0 Å². The predicted molar refractivity (Wildman–Crippen MR) is 102 cm³/mol. The number of aryl methyl sites for hydroxylation is 1. The monoisotopic (exact) mass is 356 g/mol. The van der Waals surface area contributed by atoms with E-state index in [0.29, 0.717) is 6.54 Å². The topological polar surface area (TPSA) is 32.3 Å². The Balaban J connectivity index is 1.42. The van der Waals surface area contributed by atoms with E-state index in [2.05, 4.69) is 41.4 Å². The van der Waals surface area contributed by atoms with E-state index in [4.69, 9.17) is 11.6 Å². The fourth-order valence-electron chi connectivity index (χ4n) is 3.24. The van der Waals surface area contributed by atoms with E-state index in [1.807, 2.05) is 24.3 Å². The normalized spacial score (nSPS) is 15.9. The van der Waals surface area contributed by atoms with Gasteiger partial charge in [-0.3, -0.25) is 9.69 Å². The molecule has 2 aromatic carbocycles. The number of nitrogens with zero attached hydrogens (tertiary/aromatic N) is 1. The molecule has 0 unspecified atom stereocenters. The van der Waals surface area contributed by atoms with Gasteiger partial charge in [-0.1, -0.05) is 53.6 Å². The van der Waals surface area contributed by atoms with Gasteiger partial charge in [0, 0.05) is 24.0 Å². The van der Waals surface area contributed by atoms with Crippen LogP contribution in [0.1, 0.15) is 29.5 Å². The number of carbonyl (C=O) groups is 1. The Morgan fingerprint density at radius 2 is 1.64 bits per heavy atom. The first-order valence-corrected chi connectivity index (χ1v) is 9.28. The number of halogens is 1. The van der Waals surface area contributed by atoms with Crippen molar-refractivity contribution in [1.29, 1.82) is 0 Å². The van der Waals surface area contributed by atoms with E-state index in [-0.39, 0.29) is 11.8 Å². The van der Waals surface area contributed by atoms with Crippen LogP contribution in [-0.4, -0.2) is 23.9 Å². The van der Waals surface area contributed by atoms with E-state index in [0.717, 1.165) is 43.1 Å². The van der Waals surface area contributed by atoms with Crippen LogP contribution in [0.4, 0.5) is 0 Å². The molecule has 1 fully saturated rings. The van der Waals surface area contributed by atoms with E-state index in [1.165, 1.54) is 11.1 Å². The zero-order valence-corrected chi connectivity index (χ0v) is 15.4. The zero-order chi connectivity index (χ0) is 17.6. The lowest BCUT2D eigenvalue weighted by Gasteiger charge is -2.31. The molecule has 1 amide bonds. The molecule has 4 heteroatoms. The maximum Gasteiger partial charge on any atom is 0.223 e. The third-order valence-electron chi connectivity index (χ3n) is 4.87. The second-order valence-corrected chi connectivity index (χ2v) is 7.32. The summed E-state index contributed by atoms with van der Waals surface area (Å²) in [6, 6.07) is 16.3. The van der Waals surface area contributed by atoms with Crippen LogP contribution in [0, 0.1) is 12.8 Å². The molecule has 2 aromatic rings. The van der Waals surface area contributed by atoms with Gasteiger partial charge in [-0.15, -0.1) is 0 Å². The standard InChI is InChI=1S/C21H25ClN2O/c1-16-2-4-18(5-3-16)15-24-12-10-19(11-13-24)21(25)23-14-17-6-8-20(22)9-7-17/h2-9,19H,10-15H2,1H3,(H,23,25). The minimum Gasteiger partial charge on any atom is -0.352 e. The van der Waals surface area contributed by atoms with Crippen molar-refractivity contribution in [3.05, 3.63) is 70.2 Å². The van der Waals surface area contributed by atoms with Crippen LogP contribution in [0.15, 0.2) is 48.5 Å². The smallest absolute Gasteiger partial charge is 0.223 e. The summed E-state index contributed by atoms with van der Waals surface area (Å²) in [7, 11) is 0. The Labute approximate surface area is 155 Å². The molecule has 1 aliphatic heterocycles. The van der Waals surface area contributed by atoms with Crippen molar-refractivity contribution in [3.63, 3.8) is 0 Å². The molecular formula is C21H25ClN2O. The molecule has 0 radical (unpaired) electrons. The summed E-state index contributed by atoms with van der Waals surface area (Å²) in [5, 5.41) is 3.78. The summed E-state index contributed by atoms with van der Waals surface area (Å²) in [6.45, 7) is 5.61. The Kier molecular flexibility index (Phi) is 6.11. The maximum atomic E-state index is 12.4. The lowest BCUT2D eigenvalue weighted by atomic mass is 9.95. The summed E-state index contributed by atoms with van der Waals surface area (Å²) in [4.78, 5) is 14.8. The number of hydrogen-bond acceptors (Lipinski definition) is 2. The Morgan fingerprint density at radius 3 is 2.28 bits per heavy atom. The average molecular weight is 357 g/mol. The third-order valence-corrected chi connectivity index (χ3v) is 5.12. The van der Waals surface area contributed by atoms with E-state index in [9.17, 15) is 4.79 Å². The van der Waals surface area contributed by atoms with Crippen LogP contribution >= 0.6 is 11.6 Å². The fraction of sp³-hybridized carbons (Fsp3) is 0.381. The number of benzene rings is 2. The molecule has 0 bridgehead atoms. The van der Waals surface area contributed by atoms with Gasteiger partial charge in [0.25, 0.3) is 0 Å². The van der Waals surface area contributed by atoms with Gasteiger partial charge < -0.3 is 5.32 Å². The molecule has 0 aliphatic carbocycles. The SMILES string of the molecule is Cc1ccc(CN2CCC(C(=O)NCc3ccc(Cl)cc3)CC2)cc1. The lowest BCUT2D eigenvalue weighted by Crippen LogP contribution is -2.40. The van der Waals surface area contributed by atoms with Crippen molar-refractivity contribution in [3.8, 4) is 0 Å². The van der Waals surface area contributed by atoms with Gasteiger partial charge in [-0.05, 0) is 56.1 Å². The second kappa shape index (κ2) is 8.50. The molecule has 132 valence electrons.